The fourth-order valence-electron chi connectivity index (χ4n) is 3.19. The first-order chi connectivity index (χ1) is 15.7. The van der Waals surface area contributed by atoms with Crippen LogP contribution in [0.25, 0.3) is 0 Å². The lowest BCUT2D eigenvalue weighted by molar-refractivity contribution is 0.0693. The number of hydrogen-bond acceptors (Lipinski definition) is 7. The van der Waals surface area contributed by atoms with Gasteiger partial charge in [-0.25, -0.2) is 18.4 Å². The molecule has 0 aliphatic carbocycles. The Morgan fingerprint density at radius 2 is 1.97 bits per heavy atom. The van der Waals surface area contributed by atoms with E-state index in [0.717, 1.165) is 51.3 Å². The zero-order valence-corrected chi connectivity index (χ0v) is 19.4. The van der Waals surface area contributed by atoms with Crippen LogP contribution in [0, 0.1) is 11.6 Å². The minimum Gasteiger partial charge on any atom is -0.477 e. The van der Waals surface area contributed by atoms with Crippen molar-refractivity contribution in [2.24, 2.45) is 0 Å². The smallest absolute Gasteiger partial charge is 0.344 e. The number of amides is 2. The normalized spacial score (nSPS) is 14.8. The van der Waals surface area contributed by atoms with E-state index in [1.165, 1.54) is 0 Å². The van der Waals surface area contributed by atoms with Crippen LogP contribution >= 0.6 is 23.1 Å². The van der Waals surface area contributed by atoms with Crippen LogP contribution in [0.5, 0.6) is 5.88 Å². The summed E-state index contributed by atoms with van der Waals surface area (Å²) < 4.78 is 36.7. The van der Waals surface area contributed by atoms with Gasteiger partial charge < -0.3 is 25.0 Å². The van der Waals surface area contributed by atoms with E-state index in [9.17, 15) is 23.5 Å². The van der Waals surface area contributed by atoms with E-state index in [-0.39, 0.29) is 27.0 Å². The maximum absolute atomic E-state index is 13.9. The Kier molecular flexibility index (Phi) is 8.78. The fourth-order valence-corrected chi connectivity index (χ4v) is 4.06. The minimum absolute atomic E-state index is 0.0307. The van der Waals surface area contributed by atoms with Crippen molar-refractivity contribution in [1.82, 2.24) is 19.5 Å². The third-order valence-corrected chi connectivity index (χ3v) is 6.12. The van der Waals surface area contributed by atoms with E-state index in [4.69, 9.17) is 16.3 Å². The number of halogens is 3. The van der Waals surface area contributed by atoms with Gasteiger partial charge in [-0.15, -0.1) is 0 Å². The monoisotopic (exact) mass is 503 g/mol. The summed E-state index contributed by atoms with van der Waals surface area (Å²) in [4.78, 5) is 28.4. The number of carbonyl (C=O) groups is 2. The van der Waals surface area contributed by atoms with Crippen molar-refractivity contribution in [3.63, 3.8) is 0 Å². The minimum atomic E-state index is -1.38. The standard InChI is InChI=1S/C20H24ClF2N5O4S/c1-27-5-7-28(8-6-27)4-2-3-24-20(31)25-18-16(19(29)30)17(26-33-18)32-11-12-9-15(23)13(21)10-14(12)22/h9-10H,2-8,11H2,1H3,(H,29,30)(H2,24,25,31). The number of anilines is 1. The first-order valence-corrected chi connectivity index (χ1v) is 11.3. The molecule has 2 aromatic rings. The highest BCUT2D eigenvalue weighted by molar-refractivity contribution is 7.11. The molecule has 0 unspecified atom stereocenters. The molecule has 2 amide bonds. The Labute approximate surface area is 198 Å². The number of carbonyl (C=O) groups excluding carboxylic acids is 1. The molecule has 1 aromatic heterocycles. The summed E-state index contributed by atoms with van der Waals surface area (Å²) in [6.45, 7) is 4.81. The summed E-state index contributed by atoms with van der Waals surface area (Å²) >= 11 is 6.23. The van der Waals surface area contributed by atoms with E-state index >= 15 is 0 Å². The van der Waals surface area contributed by atoms with Gasteiger partial charge in [0.15, 0.2) is 5.56 Å². The van der Waals surface area contributed by atoms with E-state index < -0.39 is 30.2 Å². The number of benzene rings is 1. The van der Waals surface area contributed by atoms with Gasteiger partial charge in [-0.05, 0) is 43.7 Å². The van der Waals surface area contributed by atoms with Crippen molar-refractivity contribution in [3.05, 3.63) is 39.9 Å². The maximum atomic E-state index is 13.9. The second-order valence-electron chi connectivity index (χ2n) is 7.52. The van der Waals surface area contributed by atoms with Crippen LogP contribution in [0.15, 0.2) is 12.1 Å². The van der Waals surface area contributed by atoms with Crippen LogP contribution in [0.1, 0.15) is 22.3 Å². The van der Waals surface area contributed by atoms with Crippen LogP contribution in [0.2, 0.25) is 5.02 Å². The Hall–Kier alpha value is -2.54. The molecule has 1 fully saturated rings. The molecule has 0 radical (unpaired) electrons. The van der Waals surface area contributed by atoms with E-state index in [1.54, 1.807) is 0 Å². The number of likely N-dealkylation sites (N-methyl/N-ethyl adjacent to an activating group) is 1. The van der Waals surface area contributed by atoms with Crippen molar-refractivity contribution in [3.8, 4) is 5.88 Å². The van der Waals surface area contributed by atoms with Gasteiger partial charge in [-0.3, -0.25) is 5.32 Å². The van der Waals surface area contributed by atoms with Crippen molar-refractivity contribution in [2.75, 3.05) is 51.6 Å². The molecule has 3 rings (SSSR count). The van der Waals surface area contributed by atoms with Crippen LogP contribution in [-0.4, -0.2) is 77.6 Å². The summed E-state index contributed by atoms with van der Waals surface area (Å²) in [5, 5.41) is 14.2. The SMILES string of the molecule is CN1CCN(CCCNC(=O)Nc2snc(OCc3cc(F)c(Cl)cc3F)c2C(=O)O)CC1. The van der Waals surface area contributed by atoms with Crippen molar-refractivity contribution < 1.29 is 28.2 Å². The number of aromatic nitrogens is 1. The van der Waals surface area contributed by atoms with Gasteiger partial charge >= 0.3 is 12.0 Å². The molecular weight excluding hydrogens is 480 g/mol. The van der Waals surface area contributed by atoms with Crippen LogP contribution in [0.4, 0.5) is 18.6 Å². The average Bonchev–Trinajstić information content (AvgIpc) is 3.16. The maximum Gasteiger partial charge on any atom is 0.344 e. The summed E-state index contributed by atoms with van der Waals surface area (Å²) in [7, 11) is 2.08. The van der Waals surface area contributed by atoms with E-state index in [0.29, 0.717) is 18.1 Å². The summed E-state index contributed by atoms with van der Waals surface area (Å²) in [6.07, 6.45) is 0.753. The number of ether oxygens (including phenoxy) is 1. The second kappa shape index (κ2) is 11.5. The Balaban J connectivity index is 1.52. The molecule has 1 aliphatic heterocycles. The number of rotatable bonds is 9. The highest BCUT2D eigenvalue weighted by Gasteiger charge is 2.24. The molecule has 0 bridgehead atoms. The van der Waals surface area contributed by atoms with Gasteiger partial charge in [0.25, 0.3) is 0 Å². The topological polar surface area (TPSA) is 107 Å². The zero-order chi connectivity index (χ0) is 24.0. The van der Waals surface area contributed by atoms with E-state index in [1.807, 2.05) is 0 Å². The Morgan fingerprint density at radius 3 is 2.67 bits per heavy atom. The highest BCUT2D eigenvalue weighted by atomic mass is 35.5. The molecule has 2 heterocycles. The van der Waals surface area contributed by atoms with Crippen molar-refractivity contribution in [2.45, 2.75) is 13.0 Å². The number of hydrogen-bond donors (Lipinski definition) is 3. The first kappa shape index (κ1) is 25.1. The molecule has 13 heteroatoms. The molecule has 0 saturated carbocycles. The Morgan fingerprint density at radius 1 is 1.24 bits per heavy atom. The lowest BCUT2D eigenvalue weighted by Crippen LogP contribution is -2.45. The van der Waals surface area contributed by atoms with Gasteiger partial charge in [-0.1, -0.05) is 11.6 Å². The number of aromatic carboxylic acids is 1. The molecule has 3 N–H and O–H groups in total. The van der Waals surface area contributed by atoms with Gasteiger partial charge in [0.1, 0.15) is 23.2 Å². The molecular formula is C20H24ClF2N5O4S. The number of carboxylic acid groups (broad SMARTS) is 1. The number of nitrogens with zero attached hydrogens (tertiary/aromatic N) is 3. The Bertz CT molecular complexity index is 1000. The summed E-state index contributed by atoms with van der Waals surface area (Å²) in [6, 6.07) is 1.09. The van der Waals surface area contributed by atoms with Gasteiger partial charge in [0.05, 0.1) is 5.02 Å². The molecule has 1 aromatic carbocycles. The number of urea groups is 1. The second-order valence-corrected chi connectivity index (χ2v) is 8.70. The summed E-state index contributed by atoms with van der Waals surface area (Å²) in [5.41, 5.74) is -0.531. The third kappa shape index (κ3) is 6.97. The lowest BCUT2D eigenvalue weighted by Gasteiger charge is -2.32. The number of carboxylic acids is 1. The van der Waals surface area contributed by atoms with E-state index in [2.05, 4.69) is 31.9 Å². The van der Waals surface area contributed by atoms with Crippen molar-refractivity contribution >= 4 is 40.1 Å². The molecule has 180 valence electrons. The summed E-state index contributed by atoms with van der Waals surface area (Å²) in [5.74, 6) is -3.33. The lowest BCUT2D eigenvalue weighted by atomic mass is 10.2. The highest BCUT2D eigenvalue weighted by Crippen LogP contribution is 2.31. The average molecular weight is 504 g/mol. The predicted molar refractivity (Wildman–Crippen MR) is 120 cm³/mol. The molecule has 9 nitrogen and oxygen atoms in total. The van der Waals surface area contributed by atoms with Crippen LogP contribution < -0.4 is 15.4 Å². The third-order valence-electron chi connectivity index (χ3n) is 5.09. The molecule has 1 aliphatic rings. The van der Waals surface area contributed by atoms with Crippen LogP contribution in [-0.2, 0) is 6.61 Å². The van der Waals surface area contributed by atoms with Crippen molar-refractivity contribution in [1.29, 1.82) is 0 Å². The van der Waals surface area contributed by atoms with Gasteiger partial charge in [0.2, 0.25) is 5.88 Å². The zero-order valence-electron chi connectivity index (χ0n) is 17.9. The fraction of sp³-hybridized carbons (Fsp3) is 0.450. The molecule has 33 heavy (non-hydrogen) atoms. The van der Waals surface area contributed by atoms with Gasteiger partial charge in [-0.2, -0.15) is 4.37 Å². The first-order valence-electron chi connectivity index (χ1n) is 10.2. The van der Waals surface area contributed by atoms with Gasteiger partial charge in [0, 0.05) is 38.3 Å². The number of piperazine rings is 1. The predicted octanol–water partition coefficient (Wildman–Crippen LogP) is 3.11. The molecule has 1 saturated heterocycles. The quantitative estimate of drug-likeness (QED) is 0.356. The van der Waals surface area contributed by atoms with Crippen LogP contribution in [0.3, 0.4) is 0 Å². The molecule has 0 spiro atoms. The largest absolute Gasteiger partial charge is 0.477 e. The number of nitrogens with one attached hydrogen (secondary N) is 2. The molecule has 0 atom stereocenters.